The second kappa shape index (κ2) is 10.0. The Morgan fingerprint density at radius 3 is 2.48 bits per heavy atom. The van der Waals surface area contributed by atoms with Crippen LogP contribution in [0.2, 0.25) is 0 Å². The SMILES string of the molecule is Cl.Cl.NC(C(=O)N1CCC(c2nc3ccccc3s2)CC1)C1CCOCC1. The van der Waals surface area contributed by atoms with E-state index in [2.05, 4.69) is 18.2 Å². The molecule has 2 fully saturated rings. The molecule has 0 saturated carbocycles. The van der Waals surface area contributed by atoms with E-state index >= 15 is 0 Å². The van der Waals surface area contributed by atoms with Crippen molar-refractivity contribution in [3.8, 4) is 0 Å². The molecule has 2 aliphatic heterocycles. The molecule has 1 aromatic heterocycles. The number of thiazole rings is 1. The van der Waals surface area contributed by atoms with Gasteiger partial charge in [-0.2, -0.15) is 0 Å². The number of carbonyl (C=O) groups excluding carboxylic acids is 1. The molecule has 1 amide bonds. The largest absolute Gasteiger partial charge is 0.381 e. The summed E-state index contributed by atoms with van der Waals surface area (Å²) in [6.45, 7) is 3.03. The maximum atomic E-state index is 12.7. The summed E-state index contributed by atoms with van der Waals surface area (Å²) in [7, 11) is 0. The zero-order valence-corrected chi connectivity index (χ0v) is 17.7. The number of hydrogen-bond donors (Lipinski definition) is 1. The van der Waals surface area contributed by atoms with Gasteiger partial charge in [0, 0.05) is 32.2 Å². The highest BCUT2D eigenvalue weighted by Gasteiger charge is 2.32. The molecular weight excluding hydrogens is 405 g/mol. The molecule has 0 bridgehead atoms. The molecule has 0 aliphatic carbocycles. The Hall–Kier alpha value is -0.920. The Morgan fingerprint density at radius 2 is 1.81 bits per heavy atom. The van der Waals surface area contributed by atoms with Gasteiger partial charge in [-0.1, -0.05) is 12.1 Å². The molecule has 0 radical (unpaired) electrons. The highest BCUT2D eigenvalue weighted by atomic mass is 35.5. The van der Waals surface area contributed by atoms with Gasteiger partial charge in [-0.15, -0.1) is 36.2 Å². The number of para-hydroxylation sites is 1. The van der Waals surface area contributed by atoms with Crippen molar-refractivity contribution < 1.29 is 9.53 Å². The van der Waals surface area contributed by atoms with E-state index < -0.39 is 0 Å². The fourth-order valence-electron chi connectivity index (χ4n) is 3.90. The lowest BCUT2D eigenvalue weighted by Crippen LogP contribution is -2.51. The van der Waals surface area contributed by atoms with E-state index in [1.54, 1.807) is 11.3 Å². The fraction of sp³-hybridized carbons (Fsp3) is 0.579. The molecule has 2 saturated heterocycles. The number of ether oxygens (including phenoxy) is 1. The van der Waals surface area contributed by atoms with Crippen LogP contribution >= 0.6 is 36.2 Å². The summed E-state index contributed by atoms with van der Waals surface area (Å²) in [6, 6.07) is 7.92. The van der Waals surface area contributed by atoms with Gasteiger partial charge in [-0.25, -0.2) is 4.98 Å². The van der Waals surface area contributed by atoms with E-state index in [1.165, 1.54) is 9.71 Å². The van der Waals surface area contributed by atoms with Gasteiger partial charge in [0.1, 0.15) is 0 Å². The maximum Gasteiger partial charge on any atom is 0.239 e. The van der Waals surface area contributed by atoms with Crippen molar-refractivity contribution in [1.82, 2.24) is 9.88 Å². The number of amides is 1. The van der Waals surface area contributed by atoms with E-state index in [9.17, 15) is 4.79 Å². The van der Waals surface area contributed by atoms with E-state index in [0.717, 1.165) is 57.5 Å². The fourth-order valence-corrected chi connectivity index (χ4v) is 5.04. The molecule has 1 aromatic carbocycles. The van der Waals surface area contributed by atoms with E-state index in [-0.39, 0.29) is 42.7 Å². The third-order valence-electron chi connectivity index (χ3n) is 5.53. The van der Waals surface area contributed by atoms with Crippen LogP contribution in [-0.4, -0.2) is 48.1 Å². The van der Waals surface area contributed by atoms with Gasteiger partial charge in [0.05, 0.1) is 21.3 Å². The summed E-state index contributed by atoms with van der Waals surface area (Å²) in [4.78, 5) is 19.5. The summed E-state index contributed by atoms with van der Waals surface area (Å²) in [5, 5.41) is 1.21. The lowest BCUT2D eigenvalue weighted by Gasteiger charge is -2.35. The average Bonchev–Trinajstić information content (AvgIpc) is 3.12. The third kappa shape index (κ3) is 4.93. The number of hydrogen-bond acceptors (Lipinski definition) is 5. The number of benzene rings is 1. The minimum atomic E-state index is -0.372. The lowest BCUT2D eigenvalue weighted by atomic mass is 9.90. The number of carbonyl (C=O) groups is 1. The monoisotopic (exact) mass is 431 g/mol. The quantitative estimate of drug-likeness (QED) is 0.805. The molecule has 2 aliphatic rings. The Morgan fingerprint density at radius 1 is 1.15 bits per heavy atom. The van der Waals surface area contributed by atoms with Gasteiger partial charge in [0.15, 0.2) is 0 Å². The number of likely N-dealkylation sites (tertiary alicyclic amines) is 1. The van der Waals surface area contributed by atoms with Crippen molar-refractivity contribution in [3.05, 3.63) is 29.3 Å². The number of nitrogens with zero attached hydrogens (tertiary/aromatic N) is 2. The summed E-state index contributed by atoms with van der Waals surface area (Å²) >= 11 is 1.79. The van der Waals surface area contributed by atoms with Gasteiger partial charge < -0.3 is 15.4 Å². The molecule has 8 heteroatoms. The highest BCUT2D eigenvalue weighted by Crippen LogP contribution is 2.34. The van der Waals surface area contributed by atoms with Crippen LogP contribution < -0.4 is 5.73 Å². The van der Waals surface area contributed by atoms with Crippen LogP contribution in [0.1, 0.15) is 36.6 Å². The van der Waals surface area contributed by atoms with Gasteiger partial charge in [-0.3, -0.25) is 4.79 Å². The number of fused-ring (bicyclic) bond motifs is 1. The van der Waals surface area contributed by atoms with Crippen molar-refractivity contribution >= 4 is 52.3 Å². The Labute approximate surface area is 176 Å². The zero-order valence-electron chi connectivity index (χ0n) is 15.2. The first kappa shape index (κ1) is 22.4. The molecular formula is C19H27Cl2N3O2S. The molecule has 2 N–H and O–H groups in total. The maximum absolute atomic E-state index is 12.7. The van der Waals surface area contributed by atoms with E-state index in [4.69, 9.17) is 15.5 Å². The first-order chi connectivity index (χ1) is 12.2. The summed E-state index contributed by atoms with van der Waals surface area (Å²) < 4.78 is 6.62. The number of halogens is 2. The van der Waals surface area contributed by atoms with Gasteiger partial charge in [0.25, 0.3) is 0 Å². The van der Waals surface area contributed by atoms with Gasteiger partial charge >= 0.3 is 0 Å². The molecule has 150 valence electrons. The predicted molar refractivity (Wildman–Crippen MR) is 114 cm³/mol. The van der Waals surface area contributed by atoms with Crippen molar-refractivity contribution in [2.24, 2.45) is 11.7 Å². The van der Waals surface area contributed by atoms with Crippen molar-refractivity contribution in [2.75, 3.05) is 26.3 Å². The third-order valence-corrected chi connectivity index (χ3v) is 6.72. The lowest BCUT2D eigenvalue weighted by molar-refractivity contribution is -0.135. The molecule has 1 unspecified atom stereocenters. The smallest absolute Gasteiger partial charge is 0.239 e. The van der Waals surface area contributed by atoms with Gasteiger partial charge in [-0.05, 0) is 43.7 Å². The minimum absolute atomic E-state index is 0. The summed E-state index contributed by atoms with van der Waals surface area (Å²) in [6.07, 6.45) is 3.75. The second-order valence-corrected chi connectivity index (χ2v) is 8.16. The van der Waals surface area contributed by atoms with Crippen molar-refractivity contribution in [1.29, 1.82) is 0 Å². The Balaban J connectivity index is 0.00000131. The summed E-state index contributed by atoms with van der Waals surface area (Å²) in [5.74, 6) is 0.846. The molecule has 1 atom stereocenters. The predicted octanol–water partition coefficient (Wildman–Crippen LogP) is 3.60. The Bertz CT molecular complexity index is 710. The molecule has 2 aromatic rings. The molecule has 3 heterocycles. The molecule has 27 heavy (non-hydrogen) atoms. The highest BCUT2D eigenvalue weighted by molar-refractivity contribution is 7.18. The van der Waals surface area contributed by atoms with Crippen LogP contribution in [0.4, 0.5) is 0 Å². The second-order valence-electron chi connectivity index (χ2n) is 7.09. The average molecular weight is 432 g/mol. The standard InChI is InChI=1S/C19H25N3O2S.2ClH/c20-17(13-7-11-24-12-8-13)19(23)22-9-5-14(6-10-22)18-21-15-3-1-2-4-16(15)25-18;;/h1-4,13-14,17H,5-12,20H2;2*1H. The van der Waals surface area contributed by atoms with Crippen LogP contribution in [-0.2, 0) is 9.53 Å². The number of rotatable bonds is 3. The van der Waals surface area contributed by atoms with Crippen LogP contribution in [0.25, 0.3) is 10.2 Å². The van der Waals surface area contributed by atoms with E-state index in [1.807, 2.05) is 11.0 Å². The topological polar surface area (TPSA) is 68.5 Å². The first-order valence-electron chi connectivity index (χ1n) is 9.20. The van der Waals surface area contributed by atoms with Gasteiger partial charge in [0.2, 0.25) is 5.91 Å². The van der Waals surface area contributed by atoms with Crippen molar-refractivity contribution in [3.63, 3.8) is 0 Å². The summed E-state index contributed by atoms with van der Waals surface area (Å²) in [5.41, 5.74) is 7.35. The van der Waals surface area contributed by atoms with Crippen molar-refractivity contribution in [2.45, 2.75) is 37.6 Å². The van der Waals surface area contributed by atoms with Crippen LogP contribution in [0, 0.1) is 5.92 Å². The first-order valence-corrected chi connectivity index (χ1v) is 10.0. The van der Waals surface area contributed by atoms with Crippen LogP contribution in [0.15, 0.2) is 24.3 Å². The normalized spacial score (nSPS) is 20.0. The van der Waals surface area contributed by atoms with Crippen LogP contribution in [0.5, 0.6) is 0 Å². The number of aromatic nitrogens is 1. The minimum Gasteiger partial charge on any atom is -0.381 e. The zero-order chi connectivity index (χ0) is 17.2. The molecule has 5 nitrogen and oxygen atoms in total. The molecule has 4 rings (SSSR count). The molecule has 0 spiro atoms. The van der Waals surface area contributed by atoms with Crippen LogP contribution in [0.3, 0.4) is 0 Å². The number of piperidine rings is 1. The Kier molecular flexibility index (Phi) is 8.31. The number of nitrogens with two attached hydrogens (primary N) is 1. The van der Waals surface area contributed by atoms with E-state index in [0.29, 0.717) is 5.92 Å².